The van der Waals surface area contributed by atoms with Crippen molar-refractivity contribution >= 4 is 23.2 Å². The highest BCUT2D eigenvalue weighted by atomic mass is 35.5. The van der Waals surface area contributed by atoms with Crippen LogP contribution in [-0.2, 0) is 4.79 Å². The van der Waals surface area contributed by atoms with E-state index in [0.29, 0.717) is 10.8 Å². The van der Waals surface area contributed by atoms with Gasteiger partial charge in [-0.2, -0.15) is 0 Å². The quantitative estimate of drug-likeness (QED) is 0.820. The number of hydrogen-bond acceptors (Lipinski definition) is 2. The van der Waals surface area contributed by atoms with Crippen molar-refractivity contribution in [2.45, 2.75) is 33.6 Å². The van der Waals surface area contributed by atoms with Crippen molar-refractivity contribution in [1.29, 1.82) is 0 Å². The Balaban J connectivity index is 2.80. The largest absolute Gasteiger partial charge is 0.323 e. The van der Waals surface area contributed by atoms with E-state index >= 15 is 0 Å². The second-order valence-electron chi connectivity index (χ2n) is 3.85. The van der Waals surface area contributed by atoms with E-state index in [1.165, 1.54) is 0 Å². The third-order valence-electron chi connectivity index (χ3n) is 2.59. The Labute approximate surface area is 101 Å². The molecular formula is C12H17ClN2O. The molecule has 0 atom stereocenters. The molecule has 88 valence electrons. The summed E-state index contributed by atoms with van der Waals surface area (Å²) in [6, 6.07) is 1.83. The third-order valence-corrected chi connectivity index (χ3v) is 2.89. The lowest BCUT2D eigenvalue weighted by Crippen LogP contribution is -2.22. The van der Waals surface area contributed by atoms with Crippen molar-refractivity contribution in [2.75, 3.05) is 5.32 Å². The number of anilines is 1. The van der Waals surface area contributed by atoms with Gasteiger partial charge in [0.2, 0.25) is 5.91 Å². The van der Waals surface area contributed by atoms with Crippen molar-refractivity contribution < 1.29 is 4.79 Å². The van der Waals surface area contributed by atoms with Crippen molar-refractivity contribution in [3.63, 3.8) is 0 Å². The molecule has 3 nitrogen and oxygen atoms in total. The molecule has 1 heterocycles. The van der Waals surface area contributed by atoms with E-state index in [4.69, 9.17) is 11.6 Å². The molecule has 0 unspecified atom stereocenters. The fourth-order valence-electron chi connectivity index (χ4n) is 1.53. The molecule has 0 aliphatic carbocycles. The summed E-state index contributed by atoms with van der Waals surface area (Å²) in [4.78, 5) is 15.8. The molecule has 16 heavy (non-hydrogen) atoms. The predicted octanol–water partition coefficient (Wildman–Crippen LogP) is 3.42. The first-order valence-electron chi connectivity index (χ1n) is 5.51. The van der Waals surface area contributed by atoms with Gasteiger partial charge in [0, 0.05) is 12.1 Å². The average Bonchev–Trinajstić information content (AvgIpc) is 2.25. The maximum Gasteiger partial charge on any atom is 0.227 e. The Hall–Kier alpha value is -1.09. The smallest absolute Gasteiger partial charge is 0.227 e. The van der Waals surface area contributed by atoms with Crippen molar-refractivity contribution in [3.8, 4) is 0 Å². The van der Waals surface area contributed by atoms with E-state index in [1.54, 1.807) is 6.20 Å². The van der Waals surface area contributed by atoms with Crippen molar-refractivity contribution in [1.82, 2.24) is 4.98 Å². The molecule has 0 fully saturated rings. The lowest BCUT2D eigenvalue weighted by Gasteiger charge is -2.13. The van der Waals surface area contributed by atoms with Crippen LogP contribution in [0.3, 0.4) is 0 Å². The highest BCUT2D eigenvalue weighted by Crippen LogP contribution is 2.21. The number of hydrogen-bond donors (Lipinski definition) is 1. The van der Waals surface area contributed by atoms with Gasteiger partial charge in [-0.3, -0.25) is 4.79 Å². The zero-order valence-electron chi connectivity index (χ0n) is 9.88. The van der Waals surface area contributed by atoms with Crippen LogP contribution in [0, 0.1) is 12.8 Å². The zero-order valence-corrected chi connectivity index (χ0v) is 10.6. The molecule has 0 aliphatic rings. The summed E-state index contributed by atoms with van der Waals surface area (Å²) in [7, 11) is 0. The summed E-state index contributed by atoms with van der Waals surface area (Å²) in [6.07, 6.45) is 3.34. The van der Waals surface area contributed by atoms with Crippen molar-refractivity contribution in [2.24, 2.45) is 5.92 Å². The Kier molecular flexibility index (Phi) is 4.74. The van der Waals surface area contributed by atoms with Crippen LogP contribution >= 0.6 is 11.6 Å². The molecule has 4 heteroatoms. The van der Waals surface area contributed by atoms with Gasteiger partial charge in [0.05, 0.1) is 5.69 Å². The van der Waals surface area contributed by atoms with Crippen LogP contribution in [0.4, 0.5) is 5.69 Å². The maximum absolute atomic E-state index is 11.8. The minimum absolute atomic E-state index is 0.0132. The number of nitrogens with zero attached hydrogens (tertiary/aromatic N) is 1. The maximum atomic E-state index is 11.8. The average molecular weight is 241 g/mol. The van der Waals surface area contributed by atoms with Gasteiger partial charge < -0.3 is 5.32 Å². The van der Waals surface area contributed by atoms with E-state index in [-0.39, 0.29) is 11.8 Å². The number of aromatic nitrogens is 1. The van der Waals surface area contributed by atoms with E-state index in [1.807, 2.05) is 26.8 Å². The predicted molar refractivity (Wildman–Crippen MR) is 66.7 cm³/mol. The molecule has 0 saturated heterocycles. The van der Waals surface area contributed by atoms with Gasteiger partial charge in [-0.1, -0.05) is 25.4 Å². The van der Waals surface area contributed by atoms with Gasteiger partial charge in [0.15, 0.2) is 5.15 Å². The van der Waals surface area contributed by atoms with Gasteiger partial charge >= 0.3 is 0 Å². The van der Waals surface area contributed by atoms with E-state index in [2.05, 4.69) is 10.3 Å². The molecule has 0 aliphatic heterocycles. The molecule has 1 aromatic rings. The summed E-state index contributed by atoms with van der Waals surface area (Å²) in [5, 5.41) is 3.16. The first kappa shape index (κ1) is 13.0. The number of rotatable bonds is 4. The molecule has 1 rings (SSSR count). The summed E-state index contributed by atoms with van der Waals surface area (Å²) < 4.78 is 0. The van der Waals surface area contributed by atoms with Gasteiger partial charge in [-0.15, -0.1) is 0 Å². The highest BCUT2D eigenvalue weighted by molar-refractivity contribution is 6.32. The second kappa shape index (κ2) is 5.85. The molecule has 1 aromatic heterocycles. The number of carbonyl (C=O) groups excluding carboxylic acids is 1. The van der Waals surface area contributed by atoms with Crippen LogP contribution in [0.25, 0.3) is 0 Å². The number of nitrogens with one attached hydrogen (secondary N) is 1. The minimum atomic E-state index is 0.0132. The number of carbonyl (C=O) groups is 1. The van der Waals surface area contributed by atoms with Crippen LogP contribution in [0.2, 0.25) is 5.15 Å². The first-order chi connectivity index (χ1) is 7.58. The molecule has 0 spiro atoms. The topological polar surface area (TPSA) is 42.0 Å². The van der Waals surface area contributed by atoms with E-state index < -0.39 is 0 Å². The monoisotopic (exact) mass is 240 g/mol. The molecule has 1 amide bonds. The number of pyridine rings is 1. The molecule has 0 radical (unpaired) electrons. The summed E-state index contributed by atoms with van der Waals surface area (Å²) in [5.41, 5.74) is 1.57. The fourth-order valence-corrected chi connectivity index (χ4v) is 1.69. The third kappa shape index (κ3) is 3.20. The van der Waals surface area contributed by atoms with Crippen LogP contribution < -0.4 is 5.32 Å². The normalized spacial score (nSPS) is 10.6. The van der Waals surface area contributed by atoms with Crippen LogP contribution in [0.5, 0.6) is 0 Å². The Morgan fingerprint density at radius 2 is 2.12 bits per heavy atom. The van der Waals surface area contributed by atoms with Gasteiger partial charge in [0.1, 0.15) is 0 Å². The van der Waals surface area contributed by atoms with Gasteiger partial charge in [-0.05, 0) is 31.4 Å². The van der Waals surface area contributed by atoms with E-state index in [0.717, 1.165) is 18.4 Å². The Bertz CT molecular complexity index is 375. The van der Waals surface area contributed by atoms with Crippen LogP contribution in [-0.4, -0.2) is 10.9 Å². The number of amides is 1. The molecule has 0 saturated carbocycles. The second-order valence-corrected chi connectivity index (χ2v) is 4.21. The fraction of sp³-hybridized carbons (Fsp3) is 0.500. The Morgan fingerprint density at radius 1 is 1.50 bits per heavy atom. The van der Waals surface area contributed by atoms with Gasteiger partial charge in [-0.25, -0.2) is 4.98 Å². The lowest BCUT2D eigenvalue weighted by atomic mass is 10.0. The number of halogens is 1. The zero-order chi connectivity index (χ0) is 12.1. The number of aryl methyl sites for hydroxylation is 1. The summed E-state index contributed by atoms with van der Waals surface area (Å²) in [5.74, 6) is 0.0517. The molecule has 0 aromatic carbocycles. The lowest BCUT2D eigenvalue weighted by molar-refractivity contribution is -0.120. The summed E-state index contributed by atoms with van der Waals surface area (Å²) >= 11 is 5.91. The van der Waals surface area contributed by atoms with Crippen LogP contribution in [0.15, 0.2) is 12.3 Å². The summed E-state index contributed by atoms with van der Waals surface area (Å²) in [6.45, 7) is 5.92. The molecule has 1 N–H and O–H groups in total. The Morgan fingerprint density at radius 3 is 2.69 bits per heavy atom. The molecular weight excluding hydrogens is 224 g/mol. The minimum Gasteiger partial charge on any atom is -0.323 e. The van der Waals surface area contributed by atoms with Gasteiger partial charge in [0.25, 0.3) is 0 Å². The standard InChI is InChI=1S/C12H17ClN2O/c1-4-9(5-2)12(16)15-10-6-8(3)7-14-11(10)13/h6-7,9H,4-5H2,1-3H3,(H,15,16). The molecule has 0 bridgehead atoms. The first-order valence-corrected chi connectivity index (χ1v) is 5.89. The van der Waals surface area contributed by atoms with Crippen LogP contribution in [0.1, 0.15) is 32.3 Å². The van der Waals surface area contributed by atoms with Crippen molar-refractivity contribution in [3.05, 3.63) is 23.0 Å². The van der Waals surface area contributed by atoms with E-state index in [9.17, 15) is 4.79 Å². The SMILES string of the molecule is CCC(CC)C(=O)Nc1cc(C)cnc1Cl. The highest BCUT2D eigenvalue weighted by Gasteiger charge is 2.15.